The third kappa shape index (κ3) is 7.96. The molecule has 3 aromatic rings. The average molecular weight is 609 g/mol. The number of carbonyl (C=O) groups excluding carboxylic acids is 2. The molecule has 0 bridgehead atoms. The highest BCUT2D eigenvalue weighted by molar-refractivity contribution is 7.92. The van der Waals surface area contributed by atoms with E-state index in [1.54, 1.807) is 49.4 Å². The first-order chi connectivity index (χ1) is 18.9. The molecular weight excluding hydrogens is 576 g/mol. The van der Waals surface area contributed by atoms with Gasteiger partial charge >= 0.3 is 0 Å². The van der Waals surface area contributed by atoms with Gasteiger partial charge in [0.15, 0.2) is 0 Å². The molecule has 40 heavy (non-hydrogen) atoms. The molecular formula is C29H32Cl2FN3O4S. The van der Waals surface area contributed by atoms with Crippen molar-refractivity contribution in [2.45, 2.75) is 51.1 Å². The Kier molecular flexibility index (Phi) is 11.0. The zero-order valence-electron chi connectivity index (χ0n) is 22.5. The zero-order valence-corrected chi connectivity index (χ0v) is 24.9. The Bertz CT molecular complexity index is 1430. The van der Waals surface area contributed by atoms with Crippen molar-refractivity contribution in [3.05, 3.63) is 93.7 Å². The summed E-state index contributed by atoms with van der Waals surface area (Å²) in [4.78, 5) is 28.0. The number of unbranched alkanes of at least 4 members (excludes halogenated alkanes) is 1. The number of nitrogens with zero attached hydrogens (tertiary/aromatic N) is 2. The molecule has 1 N–H and O–H groups in total. The quantitative estimate of drug-likeness (QED) is 0.257. The molecule has 0 heterocycles. The third-order valence-electron chi connectivity index (χ3n) is 6.34. The second-order valence-corrected chi connectivity index (χ2v) is 12.1. The van der Waals surface area contributed by atoms with E-state index in [9.17, 15) is 22.4 Å². The number of sulfonamides is 1. The van der Waals surface area contributed by atoms with E-state index in [2.05, 4.69) is 5.32 Å². The fourth-order valence-electron chi connectivity index (χ4n) is 3.93. The third-order valence-corrected chi connectivity index (χ3v) is 8.86. The van der Waals surface area contributed by atoms with E-state index >= 15 is 0 Å². The summed E-state index contributed by atoms with van der Waals surface area (Å²) in [6, 6.07) is 15.0. The molecule has 2 amide bonds. The summed E-state index contributed by atoms with van der Waals surface area (Å²) in [5.41, 5.74) is 1.75. The van der Waals surface area contributed by atoms with Crippen LogP contribution in [-0.4, -0.2) is 44.3 Å². The molecule has 214 valence electrons. The number of aryl methyl sites for hydroxylation is 1. The Balaban J connectivity index is 2.01. The molecule has 0 aliphatic carbocycles. The van der Waals surface area contributed by atoms with Crippen molar-refractivity contribution in [2.75, 3.05) is 17.4 Å². The van der Waals surface area contributed by atoms with Crippen molar-refractivity contribution in [1.82, 2.24) is 10.2 Å². The summed E-state index contributed by atoms with van der Waals surface area (Å²) in [5.74, 6) is -1.58. The van der Waals surface area contributed by atoms with Crippen molar-refractivity contribution in [3.63, 3.8) is 0 Å². The minimum Gasteiger partial charge on any atom is -0.354 e. The first kappa shape index (κ1) is 31.4. The van der Waals surface area contributed by atoms with Crippen LogP contribution in [0.4, 0.5) is 10.1 Å². The lowest BCUT2D eigenvalue weighted by atomic mass is 10.1. The van der Waals surface area contributed by atoms with Gasteiger partial charge in [-0.05, 0) is 74.4 Å². The van der Waals surface area contributed by atoms with Crippen LogP contribution in [0.1, 0.15) is 37.8 Å². The predicted octanol–water partition coefficient (Wildman–Crippen LogP) is 5.97. The van der Waals surface area contributed by atoms with Gasteiger partial charge in [-0.15, -0.1) is 0 Å². The SMILES string of the molecule is CCCCNC(=O)C(C)N(Cc1ccc(Cl)c(Cl)c1)C(=O)CN(c1ccc(C)cc1)S(=O)(=O)c1ccc(F)cc1. The summed E-state index contributed by atoms with van der Waals surface area (Å²) in [6.07, 6.45) is 1.66. The lowest BCUT2D eigenvalue weighted by molar-refractivity contribution is -0.139. The van der Waals surface area contributed by atoms with Crippen molar-refractivity contribution >= 4 is 50.7 Å². The molecule has 3 aromatic carbocycles. The number of amides is 2. The van der Waals surface area contributed by atoms with Crippen LogP contribution >= 0.6 is 23.2 Å². The maximum absolute atomic E-state index is 13.9. The van der Waals surface area contributed by atoms with Gasteiger partial charge < -0.3 is 10.2 Å². The van der Waals surface area contributed by atoms with Crippen LogP contribution in [0.5, 0.6) is 0 Å². The Labute approximate surface area is 244 Å². The minimum atomic E-state index is -4.28. The summed E-state index contributed by atoms with van der Waals surface area (Å²) >= 11 is 12.2. The number of rotatable bonds is 12. The van der Waals surface area contributed by atoms with Crippen LogP contribution in [-0.2, 0) is 26.2 Å². The molecule has 0 fully saturated rings. The molecule has 0 aromatic heterocycles. The molecule has 0 saturated heterocycles. The van der Waals surface area contributed by atoms with Crippen LogP contribution in [0.3, 0.4) is 0 Å². The highest BCUT2D eigenvalue weighted by Crippen LogP contribution is 2.26. The second-order valence-electron chi connectivity index (χ2n) is 9.39. The smallest absolute Gasteiger partial charge is 0.264 e. The monoisotopic (exact) mass is 607 g/mol. The average Bonchev–Trinajstić information content (AvgIpc) is 2.92. The van der Waals surface area contributed by atoms with E-state index in [4.69, 9.17) is 23.2 Å². The Hall–Kier alpha value is -3.14. The number of anilines is 1. The Morgan fingerprint density at radius 3 is 2.23 bits per heavy atom. The van der Waals surface area contributed by atoms with E-state index in [0.717, 1.165) is 47.0 Å². The van der Waals surface area contributed by atoms with E-state index in [1.807, 2.05) is 13.8 Å². The first-order valence-electron chi connectivity index (χ1n) is 12.8. The van der Waals surface area contributed by atoms with Crippen LogP contribution < -0.4 is 9.62 Å². The largest absolute Gasteiger partial charge is 0.354 e. The topological polar surface area (TPSA) is 86.8 Å². The lowest BCUT2D eigenvalue weighted by Crippen LogP contribution is -2.51. The van der Waals surface area contributed by atoms with Gasteiger partial charge in [-0.2, -0.15) is 0 Å². The maximum Gasteiger partial charge on any atom is 0.264 e. The molecule has 11 heteroatoms. The van der Waals surface area contributed by atoms with Gasteiger partial charge in [0.1, 0.15) is 18.4 Å². The number of halogens is 3. The molecule has 0 spiro atoms. The number of carbonyl (C=O) groups is 2. The van der Waals surface area contributed by atoms with Gasteiger partial charge in [0.2, 0.25) is 11.8 Å². The van der Waals surface area contributed by atoms with Crippen LogP contribution in [0.2, 0.25) is 10.0 Å². The molecule has 0 aliphatic rings. The standard InChI is InChI=1S/C29H32Cl2FN3O4S/c1-4-5-16-33-29(37)21(3)34(18-22-8-15-26(30)27(31)17-22)28(36)19-35(24-11-6-20(2)7-12-24)40(38,39)25-13-9-23(32)10-14-25/h6-15,17,21H,4-5,16,18-19H2,1-3H3,(H,33,37). The molecule has 0 aliphatic heterocycles. The fraction of sp³-hybridized carbons (Fsp3) is 0.310. The summed E-state index contributed by atoms with van der Waals surface area (Å²) in [6.45, 7) is 5.26. The number of benzene rings is 3. The fourth-order valence-corrected chi connectivity index (χ4v) is 5.66. The van der Waals surface area contributed by atoms with E-state index in [0.29, 0.717) is 17.1 Å². The van der Waals surface area contributed by atoms with Crippen molar-refractivity contribution in [3.8, 4) is 0 Å². The van der Waals surface area contributed by atoms with Crippen molar-refractivity contribution in [1.29, 1.82) is 0 Å². The van der Waals surface area contributed by atoms with Gasteiger partial charge in [-0.1, -0.05) is 60.3 Å². The van der Waals surface area contributed by atoms with Gasteiger partial charge in [0, 0.05) is 13.1 Å². The Morgan fingerprint density at radius 2 is 1.62 bits per heavy atom. The molecule has 0 radical (unpaired) electrons. The predicted molar refractivity (Wildman–Crippen MR) is 157 cm³/mol. The lowest BCUT2D eigenvalue weighted by Gasteiger charge is -2.32. The molecule has 0 saturated carbocycles. The van der Waals surface area contributed by atoms with Crippen molar-refractivity contribution in [2.24, 2.45) is 0 Å². The van der Waals surface area contributed by atoms with E-state index in [1.165, 1.54) is 4.90 Å². The summed E-state index contributed by atoms with van der Waals surface area (Å²) in [7, 11) is -4.28. The van der Waals surface area contributed by atoms with Gasteiger partial charge in [-0.25, -0.2) is 12.8 Å². The highest BCUT2D eigenvalue weighted by atomic mass is 35.5. The summed E-state index contributed by atoms with van der Waals surface area (Å²) < 4.78 is 42.0. The Morgan fingerprint density at radius 1 is 0.975 bits per heavy atom. The molecule has 3 rings (SSSR count). The molecule has 1 atom stereocenters. The highest BCUT2D eigenvalue weighted by Gasteiger charge is 2.32. The summed E-state index contributed by atoms with van der Waals surface area (Å²) in [5, 5.41) is 3.45. The zero-order chi connectivity index (χ0) is 29.4. The van der Waals surface area contributed by atoms with E-state index in [-0.39, 0.29) is 28.1 Å². The second kappa shape index (κ2) is 14.0. The number of hydrogen-bond donors (Lipinski definition) is 1. The van der Waals surface area contributed by atoms with Crippen LogP contribution in [0.15, 0.2) is 71.6 Å². The number of nitrogens with one attached hydrogen (secondary N) is 1. The van der Waals surface area contributed by atoms with Crippen molar-refractivity contribution < 1.29 is 22.4 Å². The number of hydrogen-bond acceptors (Lipinski definition) is 4. The van der Waals surface area contributed by atoms with Gasteiger partial charge in [0.25, 0.3) is 10.0 Å². The normalized spacial score (nSPS) is 12.1. The van der Waals surface area contributed by atoms with Crippen LogP contribution in [0, 0.1) is 12.7 Å². The van der Waals surface area contributed by atoms with E-state index < -0.39 is 34.3 Å². The minimum absolute atomic E-state index is 0.0174. The molecule has 1 unspecified atom stereocenters. The van der Waals surface area contributed by atoms with Gasteiger partial charge in [-0.3, -0.25) is 13.9 Å². The van der Waals surface area contributed by atoms with Crippen LogP contribution in [0.25, 0.3) is 0 Å². The maximum atomic E-state index is 13.9. The first-order valence-corrected chi connectivity index (χ1v) is 15.0. The van der Waals surface area contributed by atoms with Gasteiger partial charge in [0.05, 0.1) is 20.6 Å². The molecule has 7 nitrogen and oxygen atoms in total.